The zero-order valence-corrected chi connectivity index (χ0v) is 10.3. The van der Waals surface area contributed by atoms with E-state index in [0.717, 1.165) is 16.9 Å². The summed E-state index contributed by atoms with van der Waals surface area (Å²) in [6.07, 6.45) is 1.35. The molecule has 0 fully saturated rings. The third-order valence-corrected chi connectivity index (χ3v) is 2.88. The fourth-order valence-electron chi connectivity index (χ4n) is 1.67. The van der Waals surface area contributed by atoms with Crippen molar-refractivity contribution in [3.8, 4) is 5.75 Å². The van der Waals surface area contributed by atoms with Crippen molar-refractivity contribution in [2.24, 2.45) is 0 Å². The van der Waals surface area contributed by atoms with Crippen LogP contribution >= 0.6 is 0 Å². The van der Waals surface area contributed by atoms with Crippen molar-refractivity contribution in [3.05, 3.63) is 53.0 Å². The second-order valence-corrected chi connectivity index (χ2v) is 4.07. The van der Waals surface area contributed by atoms with Gasteiger partial charge in [-0.1, -0.05) is 12.1 Å². The Balaban J connectivity index is 2.14. The molecule has 0 radical (unpaired) electrons. The zero-order valence-electron chi connectivity index (χ0n) is 10.3. The van der Waals surface area contributed by atoms with E-state index in [2.05, 4.69) is 0 Å². The van der Waals surface area contributed by atoms with Gasteiger partial charge in [0, 0.05) is 5.56 Å². The van der Waals surface area contributed by atoms with Crippen LogP contribution in [0.5, 0.6) is 5.75 Å². The number of hydrogen-bond acceptors (Lipinski definition) is 3. The van der Waals surface area contributed by atoms with Gasteiger partial charge in [-0.05, 0) is 37.1 Å². The van der Waals surface area contributed by atoms with Gasteiger partial charge in [-0.15, -0.1) is 0 Å². The smallest absolute Gasteiger partial charge is 0.372 e. The number of carbonyl (C=O) groups is 1. The summed E-state index contributed by atoms with van der Waals surface area (Å²) in [6.45, 7) is 4.16. The Morgan fingerprint density at radius 3 is 2.83 bits per heavy atom. The molecule has 0 saturated carbocycles. The number of rotatable bonds is 4. The molecule has 0 aliphatic rings. The minimum atomic E-state index is -1.08. The minimum Gasteiger partial charge on any atom is -0.488 e. The number of ether oxygens (including phenoxy) is 1. The van der Waals surface area contributed by atoms with Crippen LogP contribution in [-0.4, -0.2) is 11.1 Å². The first-order chi connectivity index (χ1) is 8.59. The van der Waals surface area contributed by atoms with Gasteiger partial charge in [0.1, 0.15) is 12.4 Å². The molecule has 1 N–H and O–H groups in total. The van der Waals surface area contributed by atoms with Crippen molar-refractivity contribution in [2.45, 2.75) is 20.5 Å². The molecule has 4 heteroatoms. The summed E-state index contributed by atoms with van der Waals surface area (Å²) in [5, 5.41) is 8.90. The van der Waals surface area contributed by atoms with Crippen LogP contribution < -0.4 is 4.74 Å². The van der Waals surface area contributed by atoms with Crippen molar-refractivity contribution in [1.82, 2.24) is 0 Å². The molecule has 0 amide bonds. The highest BCUT2D eigenvalue weighted by Gasteiger charge is 2.14. The van der Waals surface area contributed by atoms with Gasteiger partial charge in [0.15, 0.2) is 0 Å². The zero-order chi connectivity index (χ0) is 13.1. The highest BCUT2D eigenvalue weighted by atomic mass is 16.5. The van der Waals surface area contributed by atoms with Crippen molar-refractivity contribution in [1.29, 1.82) is 0 Å². The Morgan fingerprint density at radius 2 is 2.11 bits per heavy atom. The minimum absolute atomic E-state index is 0.0692. The lowest BCUT2D eigenvalue weighted by Gasteiger charge is -2.10. The van der Waals surface area contributed by atoms with Gasteiger partial charge in [-0.25, -0.2) is 4.79 Å². The van der Waals surface area contributed by atoms with Gasteiger partial charge < -0.3 is 14.3 Å². The summed E-state index contributed by atoms with van der Waals surface area (Å²) in [5.41, 5.74) is 2.72. The third-order valence-electron chi connectivity index (χ3n) is 2.88. The number of carboxylic acids is 1. The van der Waals surface area contributed by atoms with E-state index < -0.39 is 5.97 Å². The molecule has 0 bridgehead atoms. The number of hydrogen-bond donors (Lipinski definition) is 1. The average molecular weight is 246 g/mol. The largest absolute Gasteiger partial charge is 0.488 e. The lowest BCUT2D eigenvalue weighted by Crippen LogP contribution is -2.03. The number of aromatic carboxylic acids is 1. The maximum absolute atomic E-state index is 10.9. The first-order valence-electron chi connectivity index (χ1n) is 5.58. The normalized spacial score (nSPS) is 10.3. The van der Waals surface area contributed by atoms with Crippen LogP contribution in [0.15, 0.2) is 34.9 Å². The topological polar surface area (TPSA) is 59.7 Å². The van der Waals surface area contributed by atoms with Crippen LogP contribution in [-0.2, 0) is 6.61 Å². The van der Waals surface area contributed by atoms with E-state index in [9.17, 15) is 4.79 Å². The Hall–Kier alpha value is -2.23. The number of furan rings is 1. The van der Waals surface area contributed by atoms with Crippen molar-refractivity contribution >= 4 is 5.97 Å². The summed E-state index contributed by atoms with van der Waals surface area (Å²) in [7, 11) is 0. The molecule has 4 nitrogen and oxygen atoms in total. The summed E-state index contributed by atoms with van der Waals surface area (Å²) in [6, 6.07) is 7.38. The molecule has 18 heavy (non-hydrogen) atoms. The van der Waals surface area contributed by atoms with Crippen molar-refractivity contribution in [3.63, 3.8) is 0 Å². The number of aryl methyl sites for hydroxylation is 1. The van der Waals surface area contributed by atoms with Gasteiger partial charge in [0.05, 0.1) is 6.26 Å². The highest BCUT2D eigenvalue weighted by Crippen LogP contribution is 2.22. The lowest BCUT2D eigenvalue weighted by molar-refractivity contribution is 0.0658. The van der Waals surface area contributed by atoms with Crippen LogP contribution in [0.4, 0.5) is 0 Å². The maximum atomic E-state index is 10.9. The Bertz CT molecular complexity index is 569. The maximum Gasteiger partial charge on any atom is 0.372 e. The molecular weight excluding hydrogens is 232 g/mol. The number of benzene rings is 1. The summed E-state index contributed by atoms with van der Waals surface area (Å²) >= 11 is 0. The molecule has 1 aromatic heterocycles. The third kappa shape index (κ3) is 2.37. The fraction of sp³-hybridized carbons (Fsp3) is 0.214. The second-order valence-electron chi connectivity index (χ2n) is 4.07. The van der Waals surface area contributed by atoms with Crippen LogP contribution in [0.3, 0.4) is 0 Å². The highest BCUT2D eigenvalue weighted by molar-refractivity contribution is 5.86. The van der Waals surface area contributed by atoms with Gasteiger partial charge in [0.2, 0.25) is 5.76 Å². The van der Waals surface area contributed by atoms with E-state index >= 15 is 0 Å². The second kappa shape index (κ2) is 4.96. The van der Waals surface area contributed by atoms with Crippen molar-refractivity contribution in [2.75, 3.05) is 0 Å². The molecule has 0 saturated heterocycles. The van der Waals surface area contributed by atoms with Gasteiger partial charge >= 0.3 is 5.97 Å². The molecular formula is C14H14O4. The van der Waals surface area contributed by atoms with E-state index in [1.807, 2.05) is 32.0 Å². The number of carboxylic acid groups (broad SMARTS) is 1. The molecule has 0 spiro atoms. The van der Waals surface area contributed by atoms with Crippen LogP contribution in [0.2, 0.25) is 0 Å². The van der Waals surface area contributed by atoms with Crippen molar-refractivity contribution < 1.29 is 19.1 Å². The van der Waals surface area contributed by atoms with E-state index in [-0.39, 0.29) is 12.4 Å². The van der Waals surface area contributed by atoms with E-state index in [1.54, 1.807) is 6.07 Å². The van der Waals surface area contributed by atoms with Gasteiger partial charge in [0.25, 0.3) is 0 Å². The molecule has 0 aliphatic heterocycles. The molecule has 2 aromatic rings. The standard InChI is InChI=1S/C14H14O4/c1-9-4-3-5-12(10(9)2)18-8-11-6-7-17-13(11)14(15)16/h3-7H,8H2,1-2H3,(H,15,16). The predicted octanol–water partition coefficient (Wildman–Crippen LogP) is 3.17. The lowest BCUT2D eigenvalue weighted by atomic mass is 10.1. The van der Waals surface area contributed by atoms with Crippen LogP contribution in [0.25, 0.3) is 0 Å². The first kappa shape index (κ1) is 12.2. The van der Waals surface area contributed by atoms with E-state index in [0.29, 0.717) is 5.56 Å². The summed E-state index contributed by atoms with van der Waals surface area (Å²) in [4.78, 5) is 10.9. The quantitative estimate of drug-likeness (QED) is 0.900. The van der Waals surface area contributed by atoms with Crippen LogP contribution in [0, 0.1) is 13.8 Å². The van der Waals surface area contributed by atoms with Crippen LogP contribution in [0.1, 0.15) is 27.2 Å². The molecule has 0 aliphatic carbocycles. The fourth-order valence-corrected chi connectivity index (χ4v) is 1.67. The monoisotopic (exact) mass is 246 g/mol. The van der Waals surface area contributed by atoms with E-state index in [4.69, 9.17) is 14.3 Å². The molecule has 0 unspecified atom stereocenters. The molecule has 94 valence electrons. The van der Waals surface area contributed by atoms with Gasteiger partial charge in [-0.3, -0.25) is 0 Å². The summed E-state index contributed by atoms with van der Waals surface area (Å²) in [5.74, 6) is -0.396. The molecule has 1 aromatic carbocycles. The Kier molecular flexibility index (Phi) is 3.37. The first-order valence-corrected chi connectivity index (χ1v) is 5.58. The molecule has 0 atom stereocenters. The molecule has 1 heterocycles. The molecule has 2 rings (SSSR count). The van der Waals surface area contributed by atoms with Gasteiger partial charge in [-0.2, -0.15) is 0 Å². The SMILES string of the molecule is Cc1cccc(OCc2ccoc2C(=O)O)c1C. The Morgan fingerprint density at radius 1 is 1.33 bits per heavy atom. The Labute approximate surface area is 105 Å². The summed E-state index contributed by atoms with van der Waals surface area (Å²) < 4.78 is 10.5. The average Bonchev–Trinajstić information content (AvgIpc) is 2.79. The predicted molar refractivity (Wildman–Crippen MR) is 65.9 cm³/mol. The van der Waals surface area contributed by atoms with E-state index in [1.165, 1.54) is 6.26 Å².